The molecule has 0 unspecified atom stereocenters. The zero-order valence-electron chi connectivity index (χ0n) is 13.1. The summed E-state index contributed by atoms with van der Waals surface area (Å²) in [5.41, 5.74) is 0. The van der Waals surface area contributed by atoms with Gasteiger partial charge in [-0.2, -0.15) is 0 Å². The zero-order valence-corrected chi connectivity index (χ0v) is 13.1. The monoisotopic (exact) mass is 282 g/mol. The van der Waals surface area contributed by atoms with E-state index in [2.05, 4.69) is 24.1 Å². The molecule has 2 N–H and O–H groups in total. The van der Waals surface area contributed by atoms with Gasteiger partial charge in [0.1, 0.15) is 6.04 Å². The van der Waals surface area contributed by atoms with E-state index >= 15 is 0 Å². The standard InChI is InChI=1S/C16H30N2O2/c1-11-4-6-18(7-5-11)10-14-9-15(8-12(14)2)17-13(3)16(19)20/h11-15,17H,4-10H2,1-3H3,(H,19,20)/t12-,13+,14+,15-/m0/s1. The molecule has 1 saturated carbocycles. The molecule has 4 heteroatoms. The number of carboxylic acids is 1. The molecule has 1 heterocycles. The fourth-order valence-corrected chi connectivity index (χ4v) is 3.73. The molecule has 4 nitrogen and oxygen atoms in total. The summed E-state index contributed by atoms with van der Waals surface area (Å²) < 4.78 is 0. The number of hydrogen-bond acceptors (Lipinski definition) is 3. The number of nitrogens with one attached hydrogen (secondary N) is 1. The summed E-state index contributed by atoms with van der Waals surface area (Å²) in [5.74, 6) is 1.57. The van der Waals surface area contributed by atoms with Crippen LogP contribution in [-0.2, 0) is 4.79 Å². The Labute approximate surface area is 122 Å². The quantitative estimate of drug-likeness (QED) is 0.811. The summed E-state index contributed by atoms with van der Waals surface area (Å²) in [4.78, 5) is 13.5. The minimum Gasteiger partial charge on any atom is -0.480 e. The molecule has 0 radical (unpaired) electrons. The average Bonchev–Trinajstić information content (AvgIpc) is 2.72. The van der Waals surface area contributed by atoms with Gasteiger partial charge < -0.3 is 15.3 Å². The molecule has 1 aliphatic heterocycles. The van der Waals surface area contributed by atoms with Crippen LogP contribution in [0, 0.1) is 17.8 Å². The Kier molecular flexibility index (Phi) is 5.44. The van der Waals surface area contributed by atoms with E-state index in [0.29, 0.717) is 12.0 Å². The second-order valence-corrected chi connectivity index (χ2v) is 7.12. The molecule has 0 amide bonds. The van der Waals surface area contributed by atoms with Gasteiger partial charge in [0.15, 0.2) is 0 Å². The highest BCUT2D eigenvalue weighted by Gasteiger charge is 2.34. The Morgan fingerprint density at radius 2 is 1.95 bits per heavy atom. The number of carbonyl (C=O) groups is 1. The van der Waals surface area contributed by atoms with Gasteiger partial charge in [-0.15, -0.1) is 0 Å². The van der Waals surface area contributed by atoms with Crippen molar-refractivity contribution in [1.29, 1.82) is 0 Å². The van der Waals surface area contributed by atoms with Crippen LogP contribution in [0.5, 0.6) is 0 Å². The van der Waals surface area contributed by atoms with Crippen molar-refractivity contribution in [1.82, 2.24) is 10.2 Å². The molecule has 116 valence electrons. The van der Waals surface area contributed by atoms with Gasteiger partial charge in [0.05, 0.1) is 0 Å². The third-order valence-electron chi connectivity index (χ3n) is 5.27. The topological polar surface area (TPSA) is 52.6 Å². The van der Waals surface area contributed by atoms with Crippen LogP contribution in [0.4, 0.5) is 0 Å². The average molecular weight is 282 g/mol. The van der Waals surface area contributed by atoms with E-state index in [1.165, 1.54) is 32.5 Å². The van der Waals surface area contributed by atoms with E-state index in [-0.39, 0.29) is 0 Å². The first-order chi connectivity index (χ1) is 9.45. The number of carboxylic acid groups (broad SMARTS) is 1. The Balaban J connectivity index is 1.77. The molecule has 1 saturated heterocycles. The van der Waals surface area contributed by atoms with E-state index < -0.39 is 12.0 Å². The van der Waals surface area contributed by atoms with Gasteiger partial charge in [-0.3, -0.25) is 4.79 Å². The van der Waals surface area contributed by atoms with E-state index in [9.17, 15) is 4.79 Å². The van der Waals surface area contributed by atoms with Crippen LogP contribution in [0.2, 0.25) is 0 Å². The van der Waals surface area contributed by atoms with Crippen LogP contribution in [0.3, 0.4) is 0 Å². The zero-order chi connectivity index (χ0) is 14.7. The highest BCUT2D eigenvalue weighted by molar-refractivity contribution is 5.72. The molecule has 2 rings (SSSR count). The molecule has 1 aliphatic carbocycles. The highest BCUT2D eigenvalue weighted by Crippen LogP contribution is 2.33. The lowest BCUT2D eigenvalue weighted by Gasteiger charge is -2.33. The number of likely N-dealkylation sites (tertiary alicyclic amines) is 1. The molecule has 0 aromatic heterocycles. The smallest absolute Gasteiger partial charge is 0.320 e. The van der Waals surface area contributed by atoms with Gasteiger partial charge >= 0.3 is 5.97 Å². The van der Waals surface area contributed by atoms with Crippen LogP contribution < -0.4 is 5.32 Å². The number of rotatable bonds is 5. The Morgan fingerprint density at radius 1 is 1.30 bits per heavy atom. The van der Waals surface area contributed by atoms with Gasteiger partial charge in [0.2, 0.25) is 0 Å². The van der Waals surface area contributed by atoms with Crippen molar-refractivity contribution in [2.24, 2.45) is 17.8 Å². The SMILES string of the molecule is CC1CCN(C[C@H]2C[C@@H](N[C@H](C)C(=O)O)C[C@@H]2C)CC1. The number of aliphatic carboxylic acids is 1. The van der Waals surface area contributed by atoms with Crippen molar-refractivity contribution in [3.8, 4) is 0 Å². The molecule has 2 aliphatic rings. The van der Waals surface area contributed by atoms with Crippen molar-refractivity contribution in [2.75, 3.05) is 19.6 Å². The molecule has 0 spiro atoms. The van der Waals surface area contributed by atoms with E-state index in [1.54, 1.807) is 6.92 Å². The maximum atomic E-state index is 10.9. The van der Waals surface area contributed by atoms with Crippen molar-refractivity contribution in [2.45, 2.75) is 58.5 Å². The van der Waals surface area contributed by atoms with Crippen LogP contribution in [0.1, 0.15) is 46.5 Å². The number of nitrogens with zero attached hydrogens (tertiary/aromatic N) is 1. The molecular formula is C16H30N2O2. The van der Waals surface area contributed by atoms with E-state index in [0.717, 1.165) is 24.7 Å². The summed E-state index contributed by atoms with van der Waals surface area (Å²) in [6, 6.07) is -0.0494. The summed E-state index contributed by atoms with van der Waals surface area (Å²) in [5, 5.41) is 12.3. The summed E-state index contributed by atoms with van der Waals surface area (Å²) in [6.07, 6.45) is 4.91. The van der Waals surface area contributed by atoms with Gasteiger partial charge in [0, 0.05) is 12.6 Å². The predicted octanol–water partition coefficient (Wildman–Crippen LogP) is 2.20. The predicted molar refractivity (Wildman–Crippen MR) is 80.7 cm³/mol. The van der Waals surface area contributed by atoms with Crippen LogP contribution in [0.15, 0.2) is 0 Å². The lowest BCUT2D eigenvalue weighted by molar-refractivity contribution is -0.139. The number of piperidine rings is 1. The minimum absolute atomic E-state index is 0.379. The maximum Gasteiger partial charge on any atom is 0.320 e. The Hall–Kier alpha value is -0.610. The van der Waals surface area contributed by atoms with E-state index in [1.807, 2.05) is 0 Å². The summed E-state index contributed by atoms with van der Waals surface area (Å²) >= 11 is 0. The third kappa shape index (κ3) is 4.19. The van der Waals surface area contributed by atoms with Gasteiger partial charge in [-0.05, 0) is 63.5 Å². The Morgan fingerprint density at radius 3 is 2.55 bits per heavy atom. The first-order valence-corrected chi connectivity index (χ1v) is 8.17. The maximum absolute atomic E-state index is 10.9. The molecule has 2 fully saturated rings. The molecule has 4 atom stereocenters. The largest absolute Gasteiger partial charge is 0.480 e. The van der Waals surface area contributed by atoms with Crippen molar-refractivity contribution < 1.29 is 9.90 Å². The molecule has 0 aromatic rings. The fraction of sp³-hybridized carbons (Fsp3) is 0.938. The van der Waals surface area contributed by atoms with Gasteiger partial charge in [0.25, 0.3) is 0 Å². The lowest BCUT2D eigenvalue weighted by Crippen LogP contribution is -2.40. The second-order valence-electron chi connectivity index (χ2n) is 7.12. The first kappa shape index (κ1) is 15.8. The fourth-order valence-electron chi connectivity index (χ4n) is 3.73. The van der Waals surface area contributed by atoms with Gasteiger partial charge in [-0.25, -0.2) is 0 Å². The minimum atomic E-state index is -0.744. The Bertz CT molecular complexity index is 326. The summed E-state index contributed by atoms with van der Waals surface area (Å²) in [7, 11) is 0. The van der Waals surface area contributed by atoms with Crippen molar-refractivity contribution in [3.05, 3.63) is 0 Å². The van der Waals surface area contributed by atoms with Crippen molar-refractivity contribution >= 4 is 5.97 Å². The molecular weight excluding hydrogens is 252 g/mol. The first-order valence-electron chi connectivity index (χ1n) is 8.17. The summed E-state index contributed by atoms with van der Waals surface area (Å²) in [6.45, 7) is 10.1. The molecule has 0 aromatic carbocycles. The number of hydrogen-bond donors (Lipinski definition) is 2. The normalized spacial score (nSPS) is 34.2. The van der Waals surface area contributed by atoms with E-state index in [4.69, 9.17) is 5.11 Å². The molecule has 0 bridgehead atoms. The molecule has 20 heavy (non-hydrogen) atoms. The second kappa shape index (κ2) is 6.90. The van der Waals surface area contributed by atoms with Gasteiger partial charge in [-0.1, -0.05) is 13.8 Å². The van der Waals surface area contributed by atoms with Crippen LogP contribution in [0.25, 0.3) is 0 Å². The lowest BCUT2D eigenvalue weighted by atomic mass is 9.94. The van der Waals surface area contributed by atoms with Crippen LogP contribution >= 0.6 is 0 Å². The van der Waals surface area contributed by atoms with Crippen molar-refractivity contribution in [3.63, 3.8) is 0 Å². The third-order valence-corrected chi connectivity index (χ3v) is 5.27. The highest BCUT2D eigenvalue weighted by atomic mass is 16.4. The van der Waals surface area contributed by atoms with Crippen LogP contribution in [-0.4, -0.2) is 47.7 Å².